The summed E-state index contributed by atoms with van der Waals surface area (Å²) in [5.74, 6) is 1.57. The Bertz CT molecular complexity index is 898. The fraction of sp³-hybridized carbons (Fsp3) is 0.238. The summed E-state index contributed by atoms with van der Waals surface area (Å²) in [6, 6.07) is 12.1. The summed E-state index contributed by atoms with van der Waals surface area (Å²) >= 11 is 9.64. The Balaban J connectivity index is 1.72. The van der Waals surface area contributed by atoms with Gasteiger partial charge >= 0.3 is 0 Å². The number of hydrogen-bond donors (Lipinski definition) is 1. The van der Waals surface area contributed by atoms with Crippen molar-refractivity contribution in [1.82, 2.24) is 5.32 Å². The summed E-state index contributed by atoms with van der Waals surface area (Å²) in [7, 11) is 0. The molecule has 1 heterocycles. The van der Waals surface area contributed by atoms with Crippen molar-refractivity contribution in [3.05, 3.63) is 80.9 Å². The first kappa shape index (κ1) is 20.7. The van der Waals surface area contributed by atoms with Gasteiger partial charge in [-0.3, -0.25) is 0 Å². The molecule has 0 saturated heterocycles. The minimum atomic E-state index is -0.400. The summed E-state index contributed by atoms with van der Waals surface area (Å²) in [6.45, 7) is 3.62. The average Bonchev–Trinajstić information content (AvgIpc) is 3.18. The molecule has 3 aromatic rings. The number of benzene rings is 2. The molecule has 148 valence electrons. The van der Waals surface area contributed by atoms with Gasteiger partial charge in [-0.25, -0.2) is 4.39 Å². The lowest BCUT2D eigenvalue weighted by molar-refractivity contribution is 0.265. The molecule has 0 fully saturated rings. The lowest BCUT2D eigenvalue weighted by atomic mass is 10.2. The lowest BCUT2D eigenvalue weighted by Gasteiger charge is -2.16. The van der Waals surface area contributed by atoms with Crippen LogP contribution in [0.1, 0.15) is 23.8 Å². The van der Waals surface area contributed by atoms with Crippen molar-refractivity contribution in [1.29, 1.82) is 0 Å². The van der Waals surface area contributed by atoms with Gasteiger partial charge in [0, 0.05) is 16.6 Å². The molecule has 2 aromatic carbocycles. The van der Waals surface area contributed by atoms with Crippen molar-refractivity contribution in [2.45, 2.75) is 26.6 Å². The molecule has 0 aliphatic heterocycles. The SMILES string of the molecule is CCOc1cc(CNCc2ccco2)c(Br)cc1OCc1c(F)cccc1Cl. The second-order valence-corrected chi connectivity index (χ2v) is 7.26. The Morgan fingerprint density at radius 1 is 1.11 bits per heavy atom. The van der Waals surface area contributed by atoms with Gasteiger partial charge < -0.3 is 19.2 Å². The number of nitrogens with one attached hydrogen (secondary N) is 1. The van der Waals surface area contributed by atoms with Gasteiger partial charge in [0.1, 0.15) is 18.2 Å². The zero-order valence-electron chi connectivity index (χ0n) is 15.3. The second-order valence-electron chi connectivity index (χ2n) is 6.00. The Morgan fingerprint density at radius 2 is 1.93 bits per heavy atom. The largest absolute Gasteiger partial charge is 0.490 e. The smallest absolute Gasteiger partial charge is 0.162 e. The Morgan fingerprint density at radius 3 is 2.64 bits per heavy atom. The maximum absolute atomic E-state index is 14.0. The normalized spacial score (nSPS) is 10.9. The molecule has 7 heteroatoms. The first-order valence-electron chi connectivity index (χ1n) is 8.82. The average molecular weight is 469 g/mol. The quantitative estimate of drug-likeness (QED) is 0.412. The van der Waals surface area contributed by atoms with Gasteiger partial charge in [0.15, 0.2) is 11.5 Å². The Labute approximate surface area is 176 Å². The molecule has 0 spiro atoms. The molecule has 0 radical (unpaired) electrons. The highest BCUT2D eigenvalue weighted by atomic mass is 79.9. The lowest BCUT2D eigenvalue weighted by Crippen LogP contribution is -2.13. The molecule has 28 heavy (non-hydrogen) atoms. The number of halogens is 3. The van der Waals surface area contributed by atoms with Crippen LogP contribution in [0.25, 0.3) is 0 Å². The van der Waals surface area contributed by atoms with E-state index in [1.807, 2.05) is 31.2 Å². The minimum absolute atomic E-state index is 0.00805. The van der Waals surface area contributed by atoms with Crippen molar-refractivity contribution in [2.75, 3.05) is 6.61 Å². The fourth-order valence-corrected chi connectivity index (χ4v) is 3.33. The third-order valence-electron chi connectivity index (χ3n) is 4.04. The number of ether oxygens (including phenoxy) is 2. The maximum atomic E-state index is 14.0. The molecule has 0 aliphatic rings. The van der Waals surface area contributed by atoms with Crippen LogP contribution in [0.3, 0.4) is 0 Å². The van der Waals surface area contributed by atoms with E-state index in [9.17, 15) is 4.39 Å². The van der Waals surface area contributed by atoms with Gasteiger partial charge in [-0.1, -0.05) is 33.6 Å². The molecule has 0 unspecified atom stereocenters. The van der Waals surface area contributed by atoms with E-state index in [4.69, 9.17) is 25.5 Å². The van der Waals surface area contributed by atoms with E-state index < -0.39 is 5.82 Å². The van der Waals surface area contributed by atoms with E-state index >= 15 is 0 Å². The van der Waals surface area contributed by atoms with E-state index in [2.05, 4.69) is 21.2 Å². The minimum Gasteiger partial charge on any atom is -0.490 e. The van der Waals surface area contributed by atoms with E-state index in [1.54, 1.807) is 18.4 Å². The summed E-state index contributed by atoms with van der Waals surface area (Å²) in [4.78, 5) is 0. The predicted molar refractivity (Wildman–Crippen MR) is 110 cm³/mol. The van der Waals surface area contributed by atoms with Crippen LogP contribution in [0.4, 0.5) is 4.39 Å². The maximum Gasteiger partial charge on any atom is 0.162 e. The summed E-state index contributed by atoms with van der Waals surface area (Å²) in [5, 5.41) is 3.65. The van der Waals surface area contributed by atoms with Gasteiger partial charge in [-0.05, 0) is 48.9 Å². The molecular formula is C21H20BrClFNO3. The molecule has 0 bridgehead atoms. The van der Waals surface area contributed by atoms with Crippen LogP contribution in [0.5, 0.6) is 11.5 Å². The van der Waals surface area contributed by atoms with Gasteiger partial charge in [-0.2, -0.15) is 0 Å². The highest BCUT2D eigenvalue weighted by molar-refractivity contribution is 9.10. The fourth-order valence-electron chi connectivity index (χ4n) is 2.65. The van der Waals surface area contributed by atoms with Crippen molar-refractivity contribution in [2.24, 2.45) is 0 Å². The molecular weight excluding hydrogens is 449 g/mol. The molecule has 1 aromatic heterocycles. The van der Waals surface area contributed by atoms with Gasteiger partial charge in [0.2, 0.25) is 0 Å². The Kier molecular flexibility index (Phi) is 7.36. The highest BCUT2D eigenvalue weighted by Gasteiger charge is 2.14. The van der Waals surface area contributed by atoms with Crippen molar-refractivity contribution < 1.29 is 18.3 Å². The topological polar surface area (TPSA) is 43.6 Å². The molecule has 0 aliphatic carbocycles. The Hall–Kier alpha value is -2.02. The zero-order chi connectivity index (χ0) is 19.9. The van der Waals surface area contributed by atoms with Crippen LogP contribution in [0.2, 0.25) is 5.02 Å². The van der Waals surface area contributed by atoms with Crippen LogP contribution >= 0.6 is 27.5 Å². The molecule has 3 rings (SSSR count). The van der Waals surface area contributed by atoms with Crippen LogP contribution in [-0.4, -0.2) is 6.61 Å². The molecule has 0 amide bonds. The number of rotatable bonds is 9. The third kappa shape index (κ3) is 5.28. The molecule has 1 N–H and O–H groups in total. The standard InChI is InChI=1S/C21H20BrClFNO3/c1-2-26-20-9-14(11-25-12-15-5-4-8-27-15)17(22)10-21(20)28-13-16-18(23)6-3-7-19(16)24/h3-10,25H,2,11-13H2,1H3. The molecule has 4 nitrogen and oxygen atoms in total. The van der Waals surface area contributed by atoms with E-state index in [0.29, 0.717) is 41.8 Å². The van der Waals surface area contributed by atoms with Crippen molar-refractivity contribution >= 4 is 27.5 Å². The first-order valence-corrected chi connectivity index (χ1v) is 9.99. The van der Waals surface area contributed by atoms with Crippen molar-refractivity contribution in [3.8, 4) is 11.5 Å². The van der Waals surface area contributed by atoms with Crippen molar-refractivity contribution in [3.63, 3.8) is 0 Å². The predicted octanol–water partition coefficient (Wildman–Crippen LogP) is 6.10. The monoisotopic (exact) mass is 467 g/mol. The molecule has 0 atom stereocenters. The molecule has 0 saturated carbocycles. The van der Waals surface area contributed by atoms with E-state index in [1.165, 1.54) is 6.07 Å². The van der Waals surface area contributed by atoms with Crippen LogP contribution in [-0.2, 0) is 19.7 Å². The summed E-state index contributed by atoms with van der Waals surface area (Å²) in [6.07, 6.45) is 1.65. The van der Waals surface area contributed by atoms with E-state index in [0.717, 1.165) is 15.8 Å². The van der Waals surface area contributed by atoms with E-state index in [-0.39, 0.29) is 6.61 Å². The number of furan rings is 1. The van der Waals surface area contributed by atoms with Gasteiger partial charge in [-0.15, -0.1) is 0 Å². The third-order valence-corrected chi connectivity index (χ3v) is 5.13. The van der Waals surface area contributed by atoms with Gasteiger partial charge in [0.25, 0.3) is 0 Å². The van der Waals surface area contributed by atoms with Crippen LogP contribution in [0.15, 0.2) is 57.6 Å². The first-order chi connectivity index (χ1) is 13.6. The van der Waals surface area contributed by atoms with Gasteiger partial charge in [0.05, 0.1) is 24.4 Å². The zero-order valence-corrected chi connectivity index (χ0v) is 17.6. The highest BCUT2D eigenvalue weighted by Crippen LogP contribution is 2.35. The second kappa shape index (κ2) is 9.96. The summed E-state index contributed by atoms with van der Waals surface area (Å²) in [5.41, 5.74) is 1.32. The van der Waals surface area contributed by atoms with Crippen LogP contribution in [0, 0.1) is 5.82 Å². The summed E-state index contributed by atoms with van der Waals surface area (Å²) < 4.78 is 31.7. The number of hydrogen-bond acceptors (Lipinski definition) is 4. The van der Waals surface area contributed by atoms with Crippen LogP contribution < -0.4 is 14.8 Å².